The average Bonchev–Trinajstić information content (AvgIpc) is 2.82. The number of benzene rings is 2. The van der Waals surface area contributed by atoms with Crippen LogP contribution in [0.2, 0.25) is 0 Å². The third kappa shape index (κ3) is 10.4. The highest BCUT2D eigenvalue weighted by Gasteiger charge is 2.33. The maximum atomic E-state index is 12.7. The van der Waals surface area contributed by atoms with Crippen LogP contribution < -0.4 is 15.2 Å². The van der Waals surface area contributed by atoms with Crippen LogP contribution in [0.1, 0.15) is 83.1 Å². The second-order valence-corrected chi connectivity index (χ2v) is 12.5. The molecule has 0 aliphatic rings. The number of hydrogen-bond acceptors (Lipinski definition) is 8. The Hall–Kier alpha value is -3.72. The van der Waals surface area contributed by atoms with E-state index in [1.54, 1.807) is 43.3 Å². The minimum absolute atomic E-state index is 0.0231. The van der Waals surface area contributed by atoms with Gasteiger partial charge in [-0.15, -0.1) is 0 Å². The van der Waals surface area contributed by atoms with E-state index in [4.69, 9.17) is 19.9 Å². The molecule has 0 saturated heterocycles. The molecule has 2 unspecified atom stereocenters. The SMILES string of the molecule is CC(COC(=O)c1ccccc1)C(c1ccc(OC(=O)CC(C)(C)C)c(OC(=O)CC(C)(C)C)c1)[C@H](N)C(=O)O. The van der Waals surface area contributed by atoms with Crippen LogP contribution in [0.4, 0.5) is 0 Å². The molecule has 0 heterocycles. The maximum absolute atomic E-state index is 12.7. The number of carbonyl (C=O) groups excluding carboxylic acids is 3. The fraction of sp³-hybridized carbons (Fsp3) is 0.484. The molecule has 0 fully saturated rings. The second kappa shape index (κ2) is 13.6. The quantitative estimate of drug-likeness (QED) is 0.277. The standard InChI is InChI=1S/C31H41NO8/c1-19(18-38-29(37)20-11-9-8-10-12-20)26(27(32)28(35)36)21-13-14-22(39-24(33)16-30(2,3)4)23(15-21)40-25(34)17-31(5,6)7/h8-15,19,26-27H,16-18,32H2,1-7H3,(H,35,36)/t19?,26?,27-/m0/s1. The Morgan fingerprint density at radius 2 is 1.35 bits per heavy atom. The van der Waals surface area contributed by atoms with E-state index in [1.807, 2.05) is 41.5 Å². The van der Waals surface area contributed by atoms with E-state index in [0.29, 0.717) is 11.1 Å². The fourth-order valence-corrected chi connectivity index (χ4v) is 4.09. The molecule has 2 aromatic rings. The number of hydrogen-bond donors (Lipinski definition) is 2. The van der Waals surface area contributed by atoms with Gasteiger partial charge in [0, 0.05) is 5.92 Å². The van der Waals surface area contributed by atoms with E-state index in [-0.39, 0.29) is 41.8 Å². The molecular weight excluding hydrogens is 514 g/mol. The predicted molar refractivity (Wildman–Crippen MR) is 150 cm³/mol. The van der Waals surface area contributed by atoms with Gasteiger partial charge >= 0.3 is 23.9 Å². The first kappa shape index (κ1) is 32.5. The molecule has 9 heteroatoms. The van der Waals surface area contributed by atoms with Gasteiger partial charge < -0.3 is 25.1 Å². The maximum Gasteiger partial charge on any atom is 0.338 e. The van der Waals surface area contributed by atoms with Crippen molar-refractivity contribution in [2.75, 3.05) is 6.61 Å². The Kier molecular flexibility index (Phi) is 11.0. The smallest absolute Gasteiger partial charge is 0.338 e. The lowest BCUT2D eigenvalue weighted by Crippen LogP contribution is -2.40. The number of carbonyl (C=O) groups is 4. The topological polar surface area (TPSA) is 142 Å². The van der Waals surface area contributed by atoms with Crippen LogP contribution in [0.3, 0.4) is 0 Å². The second-order valence-electron chi connectivity index (χ2n) is 12.5. The Bertz CT molecular complexity index is 1190. The van der Waals surface area contributed by atoms with Gasteiger partial charge in [0.2, 0.25) is 0 Å². The molecule has 3 N–H and O–H groups in total. The number of carboxylic acids is 1. The number of esters is 3. The van der Waals surface area contributed by atoms with Gasteiger partial charge in [0.05, 0.1) is 25.0 Å². The number of nitrogens with two attached hydrogens (primary N) is 1. The van der Waals surface area contributed by atoms with Crippen molar-refractivity contribution in [3.8, 4) is 11.5 Å². The minimum atomic E-state index is -1.36. The lowest BCUT2D eigenvalue weighted by atomic mass is 9.82. The average molecular weight is 556 g/mol. The molecule has 0 bridgehead atoms. The highest BCUT2D eigenvalue weighted by molar-refractivity contribution is 5.89. The molecule has 0 aliphatic carbocycles. The van der Waals surface area contributed by atoms with Crippen molar-refractivity contribution in [2.24, 2.45) is 22.5 Å². The monoisotopic (exact) mass is 555 g/mol. The van der Waals surface area contributed by atoms with E-state index in [9.17, 15) is 24.3 Å². The largest absolute Gasteiger partial charge is 0.480 e. The third-order valence-corrected chi connectivity index (χ3v) is 5.92. The molecule has 2 rings (SSSR count). The first-order valence-corrected chi connectivity index (χ1v) is 13.2. The van der Waals surface area contributed by atoms with E-state index < -0.39 is 41.8 Å². The zero-order valence-electron chi connectivity index (χ0n) is 24.4. The molecule has 0 aromatic heterocycles. The van der Waals surface area contributed by atoms with Crippen LogP contribution >= 0.6 is 0 Å². The summed E-state index contributed by atoms with van der Waals surface area (Å²) >= 11 is 0. The molecule has 9 nitrogen and oxygen atoms in total. The lowest BCUT2D eigenvalue weighted by molar-refractivity contribution is -0.139. The molecule has 0 amide bonds. The van der Waals surface area contributed by atoms with E-state index in [2.05, 4.69) is 0 Å². The summed E-state index contributed by atoms with van der Waals surface area (Å²) in [6.07, 6.45) is 0.219. The molecular formula is C31H41NO8. The van der Waals surface area contributed by atoms with E-state index in [1.165, 1.54) is 12.1 Å². The van der Waals surface area contributed by atoms with Crippen molar-refractivity contribution in [2.45, 2.75) is 73.3 Å². The predicted octanol–water partition coefficient (Wildman–Crippen LogP) is 5.36. The fourth-order valence-electron chi connectivity index (χ4n) is 4.09. The van der Waals surface area contributed by atoms with Crippen LogP contribution in [-0.4, -0.2) is 41.6 Å². The van der Waals surface area contributed by atoms with Gasteiger partial charge in [0.25, 0.3) is 0 Å². The van der Waals surface area contributed by atoms with Gasteiger partial charge in [-0.05, 0) is 46.6 Å². The van der Waals surface area contributed by atoms with Gasteiger partial charge in [0.15, 0.2) is 11.5 Å². The van der Waals surface area contributed by atoms with Crippen LogP contribution in [-0.2, 0) is 19.1 Å². The Balaban J connectivity index is 2.41. The Morgan fingerprint density at radius 1 is 0.825 bits per heavy atom. The molecule has 218 valence electrons. The van der Waals surface area contributed by atoms with Crippen molar-refractivity contribution in [3.63, 3.8) is 0 Å². The summed E-state index contributed by atoms with van der Waals surface area (Å²) in [4.78, 5) is 49.7. The summed E-state index contributed by atoms with van der Waals surface area (Å²) in [5, 5.41) is 9.75. The minimum Gasteiger partial charge on any atom is -0.480 e. The molecule has 40 heavy (non-hydrogen) atoms. The van der Waals surface area contributed by atoms with Crippen LogP contribution in [0.15, 0.2) is 48.5 Å². The van der Waals surface area contributed by atoms with Crippen LogP contribution in [0.5, 0.6) is 11.5 Å². The van der Waals surface area contributed by atoms with Gasteiger partial charge in [-0.1, -0.05) is 72.7 Å². The van der Waals surface area contributed by atoms with Crippen molar-refractivity contribution >= 4 is 23.9 Å². The molecule has 0 radical (unpaired) electrons. The zero-order chi connectivity index (χ0) is 30.3. The van der Waals surface area contributed by atoms with Crippen molar-refractivity contribution < 1.29 is 38.5 Å². The summed E-state index contributed by atoms with van der Waals surface area (Å²) in [6.45, 7) is 12.9. The molecule has 0 saturated carbocycles. The Labute approximate surface area is 236 Å². The number of carboxylic acid groups (broad SMARTS) is 1. The van der Waals surface area contributed by atoms with E-state index in [0.717, 1.165) is 0 Å². The van der Waals surface area contributed by atoms with Crippen molar-refractivity contribution in [1.82, 2.24) is 0 Å². The number of rotatable bonds is 11. The summed E-state index contributed by atoms with van der Waals surface area (Å²) in [6, 6.07) is 11.6. The number of aliphatic carboxylic acids is 1. The first-order valence-electron chi connectivity index (χ1n) is 13.2. The van der Waals surface area contributed by atoms with Crippen LogP contribution in [0, 0.1) is 16.7 Å². The first-order chi connectivity index (χ1) is 18.5. The van der Waals surface area contributed by atoms with Gasteiger partial charge in [-0.3, -0.25) is 14.4 Å². The van der Waals surface area contributed by atoms with Gasteiger partial charge in [-0.25, -0.2) is 4.79 Å². The molecule has 0 spiro atoms. The third-order valence-electron chi connectivity index (χ3n) is 5.92. The van der Waals surface area contributed by atoms with Gasteiger partial charge in [0.1, 0.15) is 6.04 Å². The molecule has 0 aliphatic heterocycles. The highest BCUT2D eigenvalue weighted by atomic mass is 16.6. The summed E-state index contributed by atoms with van der Waals surface area (Å²) in [5.41, 5.74) is 6.20. The van der Waals surface area contributed by atoms with E-state index >= 15 is 0 Å². The van der Waals surface area contributed by atoms with Crippen LogP contribution in [0.25, 0.3) is 0 Å². The molecule has 2 aromatic carbocycles. The summed E-state index contributed by atoms with van der Waals surface area (Å²) < 4.78 is 16.6. The summed E-state index contributed by atoms with van der Waals surface area (Å²) in [5.74, 6) is -4.20. The number of ether oxygens (including phenoxy) is 3. The normalized spacial score (nSPS) is 14.0. The van der Waals surface area contributed by atoms with Crippen molar-refractivity contribution in [1.29, 1.82) is 0 Å². The zero-order valence-corrected chi connectivity index (χ0v) is 24.4. The molecule has 3 atom stereocenters. The summed E-state index contributed by atoms with van der Waals surface area (Å²) in [7, 11) is 0. The lowest BCUT2D eigenvalue weighted by Gasteiger charge is -2.28. The van der Waals surface area contributed by atoms with Crippen molar-refractivity contribution in [3.05, 3.63) is 59.7 Å². The van der Waals surface area contributed by atoms with Gasteiger partial charge in [-0.2, -0.15) is 0 Å². The highest BCUT2D eigenvalue weighted by Crippen LogP contribution is 2.37. The Morgan fingerprint density at radius 3 is 1.85 bits per heavy atom.